The predicted molar refractivity (Wildman–Crippen MR) is 76.0 cm³/mol. The number of carbonyl (C=O) groups excluding carboxylic acids is 3. The van der Waals surface area contributed by atoms with Crippen molar-refractivity contribution >= 4 is 17.8 Å². The number of rotatable bonds is 3. The Morgan fingerprint density at radius 2 is 1.90 bits per heavy atom. The van der Waals surface area contributed by atoms with Crippen molar-refractivity contribution in [1.82, 2.24) is 4.90 Å². The molecule has 6 nitrogen and oxygen atoms in total. The molecule has 1 fully saturated rings. The lowest BCUT2D eigenvalue weighted by Crippen LogP contribution is -2.45. The maximum atomic E-state index is 12.1. The third kappa shape index (κ3) is 3.81. The van der Waals surface area contributed by atoms with E-state index in [-0.39, 0.29) is 17.7 Å². The second-order valence-electron chi connectivity index (χ2n) is 5.13. The summed E-state index contributed by atoms with van der Waals surface area (Å²) in [5.74, 6) is -0.395. The fourth-order valence-electron chi connectivity index (χ4n) is 2.33. The Labute approximate surface area is 122 Å². The quantitative estimate of drug-likeness (QED) is 0.520. The van der Waals surface area contributed by atoms with E-state index in [2.05, 4.69) is 0 Å². The number of hydrogen-bond acceptors (Lipinski definition) is 4. The molecule has 1 saturated heterocycles. The van der Waals surface area contributed by atoms with Crippen LogP contribution in [0.4, 0.5) is 4.79 Å². The summed E-state index contributed by atoms with van der Waals surface area (Å²) in [5.41, 5.74) is 5.79. The normalized spacial score (nSPS) is 18.1. The van der Waals surface area contributed by atoms with Crippen LogP contribution in [0.3, 0.4) is 0 Å². The second kappa shape index (κ2) is 6.39. The van der Waals surface area contributed by atoms with Crippen LogP contribution < -0.4 is 10.5 Å². The average molecular weight is 290 g/mol. The van der Waals surface area contributed by atoms with Gasteiger partial charge in [-0.1, -0.05) is 0 Å². The number of hydrogen-bond donors (Lipinski definition) is 1. The van der Waals surface area contributed by atoms with Gasteiger partial charge in [-0.3, -0.25) is 9.59 Å². The van der Waals surface area contributed by atoms with Crippen molar-refractivity contribution in [1.29, 1.82) is 0 Å². The van der Waals surface area contributed by atoms with Crippen molar-refractivity contribution in [2.75, 3.05) is 13.1 Å². The van der Waals surface area contributed by atoms with Crippen LogP contribution in [0.25, 0.3) is 0 Å². The molecule has 1 aliphatic rings. The summed E-state index contributed by atoms with van der Waals surface area (Å²) in [6.45, 7) is 2.34. The van der Waals surface area contributed by atoms with Crippen LogP contribution in [0.1, 0.15) is 30.1 Å². The van der Waals surface area contributed by atoms with Crippen molar-refractivity contribution in [2.24, 2.45) is 11.7 Å². The molecule has 112 valence electrons. The minimum Gasteiger partial charge on any atom is -0.426 e. The molecule has 0 radical (unpaired) electrons. The number of carbonyl (C=O) groups is 3. The molecule has 1 heterocycles. The SMILES string of the molecule is CC(=O)c1ccc(OC(=O)[C@@H]2CCCN(C(N)=O)C2)cc1. The Kier molecular flexibility index (Phi) is 4.57. The number of benzene rings is 1. The Morgan fingerprint density at radius 1 is 1.24 bits per heavy atom. The Hall–Kier alpha value is -2.37. The van der Waals surface area contributed by atoms with E-state index < -0.39 is 6.03 Å². The van der Waals surface area contributed by atoms with E-state index in [1.807, 2.05) is 0 Å². The first-order valence-corrected chi connectivity index (χ1v) is 6.84. The molecule has 1 aromatic rings. The van der Waals surface area contributed by atoms with Gasteiger partial charge in [0, 0.05) is 18.7 Å². The molecule has 0 aliphatic carbocycles. The Morgan fingerprint density at radius 3 is 2.48 bits per heavy atom. The fourth-order valence-corrected chi connectivity index (χ4v) is 2.33. The second-order valence-corrected chi connectivity index (χ2v) is 5.13. The molecule has 1 aromatic carbocycles. The number of ketones is 1. The smallest absolute Gasteiger partial charge is 0.316 e. The highest BCUT2D eigenvalue weighted by Gasteiger charge is 2.28. The lowest BCUT2D eigenvalue weighted by atomic mass is 9.98. The van der Waals surface area contributed by atoms with E-state index in [4.69, 9.17) is 10.5 Å². The van der Waals surface area contributed by atoms with Crippen molar-refractivity contribution in [2.45, 2.75) is 19.8 Å². The van der Waals surface area contributed by atoms with Gasteiger partial charge < -0.3 is 15.4 Å². The standard InChI is InChI=1S/C15H18N2O4/c1-10(18)11-4-6-13(7-5-11)21-14(19)12-3-2-8-17(9-12)15(16)20/h4-7,12H,2-3,8-9H2,1H3,(H2,16,20)/t12-/m1/s1. The first kappa shape index (κ1) is 15.0. The molecule has 0 aromatic heterocycles. The van der Waals surface area contributed by atoms with Gasteiger partial charge in [-0.05, 0) is 44.0 Å². The summed E-state index contributed by atoms with van der Waals surface area (Å²) in [6.07, 6.45) is 1.40. The molecule has 0 spiro atoms. The molecule has 6 heteroatoms. The highest BCUT2D eigenvalue weighted by Crippen LogP contribution is 2.20. The molecular formula is C15H18N2O4. The van der Waals surface area contributed by atoms with Crippen LogP contribution in [-0.4, -0.2) is 35.8 Å². The van der Waals surface area contributed by atoms with E-state index in [1.54, 1.807) is 24.3 Å². The van der Waals surface area contributed by atoms with Gasteiger partial charge in [0.2, 0.25) is 0 Å². The van der Waals surface area contributed by atoms with Crippen molar-refractivity contribution in [3.63, 3.8) is 0 Å². The third-order valence-electron chi connectivity index (χ3n) is 3.55. The molecule has 0 bridgehead atoms. The van der Waals surface area contributed by atoms with Crippen LogP contribution in [-0.2, 0) is 4.79 Å². The number of esters is 1. The summed E-state index contributed by atoms with van der Waals surface area (Å²) < 4.78 is 5.29. The highest BCUT2D eigenvalue weighted by atomic mass is 16.5. The van der Waals surface area contributed by atoms with Gasteiger partial charge in [0.1, 0.15) is 5.75 Å². The summed E-state index contributed by atoms with van der Waals surface area (Å²) in [5, 5.41) is 0. The van der Waals surface area contributed by atoms with Crippen molar-refractivity contribution in [3.8, 4) is 5.75 Å². The number of ether oxygens (including phenoxy) is 1. The number of nitrogens with two attached hydrogens (primary N) is 1. The fraction of sp³-hybridized carbons (Fsp3) is 0.400. The topological polar surface area (TPSA) is 89.7 Å². The number of primary amides is 1. The molecule has 2 amide bonds. The molecule has 2 N–H and O–H groups in total. The summed E-state index contributed by atoms with van der Waals surface area (Å²) in [6, 6.07) is 5.88. The number of urea groups is 1. The van der Waals surface area contributed by atoms with Crippen molar-refractivity contribution < 1.29 is 19.1 Å². The molecule has 1 aliphatic heterocycles. The maximum absolute atomic E-state index is 12.1. The first-order chi connectivity index (χ1) is 9.97. The van der Waals surface area contributed by atoms with Crippen LogP contribution in [0.2, 0.25) is 0 Å². The van der Waals surface area contributed by atoms with Gasteiger partial charge in [0.15, 0.2) is 5.78 Å². The third-order valence-corrected chi connectivity index (χ3v) is 3.55. The lowest BCUT2D eigenvalue weighted by molar-refractivity contribution is -0.140. The number of nitrogens with zero attached hydrogens (tertiary/aromatic N) is 1. The number of piperidine rings is 1. The highest BCUT2D eigenvalue weighted by molar-refractivity contribution is 5.94. The Bertz CT molecular complexity index is 553. The Balaban J connectivity index is 1.97. The number of Topliss-reactive ketones (excluding diaryl/α,β-unsaturated/α-hetero) is 1. The monoisotopic (exact) mass is 290 g/mol. The van der Waals surface area contributed by atoms with Crippen LogP contribution in [0.5, 0.6) is 5.75 Å². The minimum absolute atomic E-state index is 0.0442. The summed E-state index contributed by atoms with van der Waals surface area (Å²) >= 11 is 0. The van der Waals surface area contributed by atoms with E-state index in [0.29, 0.717) is 30.8 Å². The van der Waals surface area contributed by atoms with E-state index >= 15 is 0 Å². The average Bonchev–Trinajstić information content (AvgIpc) is 2.48. The van der Waals surface area contributed by atoms with E-state index in [0.717, 1.165) is 6.42 Å². The lowest BCUT2D eigenvalue weighted by Gasteiger charge is -2.30. The summed E-state index contributed by atoms with van der Waals surface area (Å²) in [7, 11) is 0. The minimum atomic E-state index is -0.515. The van der Waals surface area contributed by atoms with E-state index in [9.17, 15) is 14.4 Å². The van der Waals surface area contributed by atoms with Gasteiger partial charge in [0.25, 0.3) is 0 Å². The molecule has 0 saturated carbocycles. The molecule has 0 unspecified atom stereocenters. The van der Waals surface area contributed by atoms with Gasteiger partial charge >= 0.3 is 12.0 Å². The largest absolute Gasteiger partial charge is 0.426 e. The zero-order valence-corrected chi connectivity index (χ0v) is 11.9. The predicted octanol–water partition coefficient (Wildman–Crippen LogP) is 1.59. The molecule has 21 heavy (non-hydrogen) atoms. The van der Waals surface area contributed by atoms with Crippen molar-refractivity contribution in [3.05, 3.63) is 29.8 Å². The van der Waals surface area contributed by atoms with Crippen LogP contribution >= 0.6 is 0 Å². The zero-order valence-electron chi connectivity index (χ0n) is 11.9. The number of likely N-dealkylation sites (tertiary alicyclic amines) is 1. The maximum Gasteiger partial charge on any atom is 0.316 e. The van der Waals surface area contributed by atoms with Crippen LogP contribution in [0.15, 0.2) is 24.3 Å². The molecule has 1 atom stereocenters. The van der Waals surface area contributed by atoms with Gasteiger partial charge in [-0.25, -0.2) is 4.79 Å². The van der Waals surface area contributed by atoms with Gasteiger partial charge in [0.05, 0.1) is 5.92 Å². The molecule has 2 rings (SSSR count). The summed E-state index contributed by atoms with van der Waals surface area (Å²) in [4.78, 5) is 35.9. The first-order valence-electron chi connectivity index (χ1n) is 6.84. The van der Waals surface area contributed by atoms with E-state index in [1.165, 1.54) is 11.8 Å². The number of amides is 2. The van der Waals surface area contributed by atoms with Gasteiger partial charge in [-0.15, -0.1) is 0 Å². The molecular weight excluding hydrogens is 272 g/mol. The van der Waals surface area contributed by atoms with Crippen LogP contribution in [0, 0.1) is 5.92 Å². The zero-order chi connectivity index (χ0) is 15.4. The van der Waals surface area contributed by atoms with Gasteiger partial charge in [-0.2, -0.15) is 0 Å².